The first kappa shape index (κ1) is 20.3. The zero-order valence-electron chi connectivity index (χ0n) is 11.6. The van der Waals surface area contributed by atoms with Crippen LogP contribution in [0.3, 0.4) is 0 Å². The number of hydrogen-bond donors (Lipinski definition) is 1. The van der Waals surface area contributed by atoms with Crippen LogP contribution in [0.2, 0.25) is 10.0 Å². The van der Waals surface area contributed by atoms with E-state index >= 15 is 0 Å². The molecule has 1 aromatic rings. The molecule has 0 amide bonds. The fourth-order valence-corrected chi connectivity index (χ4v) is 2.99. The van der Waals surface area contributed by atoms with Crippen molar-refractivity contribution in [2.75, 3.05) is 19.6 Å². The second-order valence-corrected chi connectivity index (χ2v) is 5.55. The van der Waals surface area contributed by atoms with Crippen molar-refractivity contribution in [2.24, 2.45) is 0 Å². The Kier molecular flexibility index (Phi) is 10.2. The first-order chi connectivity index (χ1) is 8.72. The van der Waals surface area contributed by atoms with Crippen molar-refractivity contribution in [1.82, 2.24) is 10.2 Å². The largest absolute Gasteiger partial charge is 0.311 e. The van der Waals surface area contributed by atoms with E-state index < -0.39 is 0 Å². The number of rotatable bonds is 5. The van der Waals surface area contributed by atoms with E-state index in [9.17, 15) is 0 Å². The minimum absolute atomic E-state index is 0. The van der Waals surface area contributed by atoms with Crippen LogP contribution in [0.1, 0.15) is 25.3 Å². The quantitative estimate of drug-likeness (QED) is 0.837. The molecule has 1 fully saturated rings. The summed E-state index contributed by atoms with van der Waals surface area (Å²) in [5.41, 5.74) is 1.07. The molecule has 20 heavy (non-hydrogen) atoms. The predicted molar refractivity (Wildman–Crippen MR) is 92.9 cm³/mol. The van der Waals surface area contributed by atoms with Crippen molar-refractivity contribution in [3.63, 3.8) is 0 Å². The van der Waals surface area contributed by atoms with Crippen molar-refractivity contribution in [1.29, 1.82) is 0 Å². The van der Waals surface area contributed by atoms with Gasteiger partial charge in [0.25, 0.3) is 0 Å². The summed E-state index contributed by atoms with van der Waals surface area (Å²) in [7, 11) is 0. The summed E-state index contributed by atoms with van der Waals surface area (Å²) in [5.74, 6) is 0. The molecular formula is C14H22Cl4N2. The van der Waals surface area contributed by atoms with Gasteiger partial charge in [-0.15, -0.1) is 24.8 Å². The SMILES string of the molecule is CCN1CCCC1CNCc1cccc(Cl)c1Cl.Cl.Cl. The molecule has 1 aliphatic heterocycles. The van der Waals surface area contributed by atoms with Crippen molar-refractivity contribution in [3.05, 3.63) is 33.8 Å². The van der Waals surface area contributed by atoms with Crippen LogP contribution in [0.25, 0.3) is 0 Å². The summed E-state index contributed by atoms with van der Waals surface area (Å²) in [4.78, 5) is 2.53. The first-order valence-electron chi connectivity index (χ1n) is 6.60. The maximum absolute atomic E-state index is 6.16. The molecular weight excluding hydrogens is 338 g/mol. The Morgan fingerprint density at radius 3 is 2.75 bits per heavy atom. The number of halogens is 4. The van der Waals surface area contributed by atoms with Crippen LogP contribution in [0.15, 0.2) is 18.2 Å². The summed E-state index contributed by atoms with van der Waals surface area (Å²) in [5, 5.41) is 4.79. The Morgan fingerprint density at radius 2 is 2.05 bits per heavy atom. The van der Waals surface area contributed by atoms with Crippen LogP contribution in [0.5, 0.6) is 0 Å². The lowest BCUT2D eigenvalue weighted by molar-refractivity contribution is 0.260. The maximum atomic E-state index is 6.16. The van der Waals surface area contributed by atoms with Crippen LogP contribution < -0.4 is 5.32 Å². The van der Waals surface area contributed by atoms with Crippen LogP contribution >= 0.6 is 48.0 Å². The van der Waals surface area contributed by atoms with Crippen molar-refractivity contribution in [3.8, 4) is 0 Å². The predicted octanol–water partition coefficient (Wildman–Crippen LogP) is 4.41. The van der Waals surface area contributed by atoms with Gasteiger partial charge >= 0.3 is 0 Å². The van der Waals surface area contributed by atoms with Crippen LogP contribution in [-0.2, 0) is 6.54 Å². The fourth-order valence-electron chi connectivity index (χ4n) is 2.60. The van der Waals surface area contributed by atoms with Crippen molar-refractivity contribution < 1.29 is 0 Å². The third-order valence-electron chi connectivity index (χ3n) is 3.63. The number of hydrogen-bond acceptors (Lipinski definition) is 2. The maximum Gasteiger partial charge on any atom is 0.0637 e. The zero-order chi connectivity index (χ0) is 13.0. The van der Waals surface area contributed by atoms with E-state index in [0.29, 0.717) is 16.1 Å². The highest BCUT2D eigenvalue weighted by Crippen LogP contribution is 2.25. The van der Waals surface area contributed by atoms with Gasteiger partial charge in [0.15, 0.2) is 0 Å². The lowest BCUT2D eigenvalue weighted by Crippen LogP contribution is -2.37. The minimum atomic E-state index is 0. The molecule has 2 nitrogen and oxygen atoms in total. The Balaban J connectivity index is 0.00000180. The fraction of sp³-hybridized carbons (Fsp3) is 0.571. The molecule has 0 aliphatic carbocycles. The molecule has 0 radical (unpaired) electrons. The Labute approximate surface area is 144 Å². The topological polar surface area (TPSA) is 15.3 Å². The van der Waals surface area contributed by atoms with E-state index in [4.69, 9.17) is 23.2 Å². The molecule has 2 rings (SSSR count). The molecule has 1 heterocycles. The minimum Gasteiger partial charge on any atom is -0.311 e. The van der Waals surface area contributed by atoms with E-state index in [0.717, 1.165) is 25.2 Å². The molecule has 1 N–H and O–H groups in total. The molecule has 116 valence electrons. The van der Waals surface area contributed by atoms with Crippen molar-refractivity contribution in [2.45, 2.75) is 32.4 Å². The summed E-state index contributed by atoms with van der Waals surface area (Å²) in [6.45, 7) is 6.42. The van der Waals surface area contributed by atoms with E-state index in [1.165, 1.54) is 19.4 Å². The lowest BCUT2D eigenvalue weighted by Gasteiger charge is -2.23. The molecule has 1 aliphatic rings. The lowest BCUT2D eigenvalue weighted by atomic mass is 10.2. The summed E-state index contributed by atoms with van der Waals surface area (Å²) in [6, 6.07) is 6.46. The van der Waals surface area contributed by atoms with Gasteiger partial charge < -0.3 is 5.32 Å². The summed E-state index contributed by atoms with van der Waals surface area (Å²) >= 11 is 12.2. The van der Waals surface area contributed by atoms with Gasteiger partial charge in [-0.05, 0) is 37.6 Å². The molecule has 0 saturated carbocycles. The molecule has 0 bridgehead atoms. The number of benzene rings is 1. The molecule has 1 aromatic carbocycles. The molecule has 6 heteroatoms. The second kappa shape index (κ2) is 10.1. The van der Waals surface area contributed by atoms with Gasteiger partial charge in [0.1, 0.15) is 0 Å². The Bertz CT molecular complexity index is 401. The molecule has 0 aromatic heterocycles. The summed E-state index contributed by atoms with van der Waals surface area (Å²) in [6.07, 6.45) is 2.61. The van der Waals surface area contributed by atoms with Gasteiger partial charge in [-0.25, -0.2) is 0 Å². The highest BCUT2D eigenvalue weighted by molar-refractivity contribution is 6.42. The van der Waals surface area contributed by atoms with Crippen LogP contribution in [0.4, 0.5) is 0 Å². The first-order valence-corrected chi connectivity index (χ1v) is 7.35. The number of nitrogens with zero attached hydrogens (tertiary/aromatic N) is 1. The van der Waals surface area contributed by atoms with Crippen LogP contribution in [-0.4, -0.2) is 30.6 Å². The van der Waals surface area contributed by atoms with Crippen LogP contribution in [0, 0.1) is 0 Å². The van der Waals surface area contributed by atoms with Gasteiger partial charge in [0.2, 0.25) is 0 Å². The molecule has 1 unspecified atom stereocenters. The Morgan fingerprint density at radius 1 is 1.30 bits per heavy atom. The number of nitrogens with one attached hydrogen (secondary N) is 1. The number of likely N-dealkylation sites (N-methyl/N-ethyl adjacent to an activating group) is 1. The van der Waals surface area contributed by atoms with Crippen molar-refractivity contribution >= 4 is 48.0 Å². The van der Waals surface area contributed by atoms with Gasteiger partial charge in [-0.1, -0.05) is 42.3 Å². The van der Waals surface area contributed by atoms with E-state index in [1.807, 2.05) is 18.2 Å². The normalized spacial score (nSPS) is 18.4. The average Bonchev–Trinajstić information content (AvgIpc) is 2.82. The monoisotopic (exact) mass is 358 g/mol. The molecule has 1 atom stereocenters. The highest BCUT2D eigenvalue weighted by atomic mass is 35.5. The van der Waals surface area contributed by atoms with Gasteiger partial charge in [0, 0.05) is 19.1 Å². The van der Waals surface area contributed by atoms with E-state index in [-0.39, 0.29) is 24.8 Å². The molecule has 0 spiro atoms. The third-order valence-corrected chi connectivity index (χ3v) is 4.49. The average molecular weight is 360 g/mol. The highest BCUT2D eigenvalue weighted by Gasteiger charge is 2.22. The number of likely N-dealkylation sites (tertiary alicyclic amines) is 1. The Hall–Kier alpha value is 0.300. The summed E-state index contributed by atoms with van der Waals surface area (Å²) < 4.78 is 0. The van der Waals surface area contributed by atoms with Gasteiger partial charge in [-0.3, -0.25) is 4.90 Å². The van der Waals surface area contributed by atoms with E-state index in [2.05, 4.69) is 17.1 Å². The second-order valence-electron chi connectivity index (χ2n) is 4.77. The standard InChI is InChI=1S/C14H20Cl2N2.2ClH/c1-2-18-8-4-6-12(18)10-17-9-11-5-3-7-13(15)14(11)16;;/h3,5,7,12,17H,2,4,6,8-10H2,1H3;2*1H. The molecule has 1 saturated heterocycles. The van der Waals surface area contributed by atoms with E-state index in [1.54, 1.807) is 0 Å². The van der Waals surface area contributed by atoms with Gasteiger partial charge in [0.05, 0.1) is 10.0 Å². The van der Waals surface area contributed by atoms with Gasteiger partial charge in [-0.2, -0.15) is 0 Å². The third kappa shape index (κ3) is 5.25. The smallest absolute Gasteiger partial charge is 0.0637 e. The zero-order valence-corrected chi connectivity index (χ0v) is 14.7.